The molecule has 0 fully saturated rings. The maximum atomic E-state index is 5.91. The zero-order valence-electron chi connectivity index (χ0n) is 9.98. The summed E-state index contributed by atoms with van der Waals surface area (Å²) in [6.07, 6.45) is 1.45. The van der Waals surface area contributed by atoms with Gasteiger partial charge in [0.1, 0.15) is 23.1 Å². The number of imidazole rings is 1. The molecule has 0 unspecified atom stereocenters. The highest BCUT2D eigenvalue weighted by molar-refractivity contribution is 6.29. The van der Waals surface area contributed by atoms with Gasteiger partial charge in [-0.25, -0.2) is 15.0 Å². The third-order valence-electron chi connectivity index (χ3n) is 2.81. The van der Waals surface area contributed by atoms with Crippen molar-refractivity contribution < 1.29 is 0 Å². The largest absolute Gasteiger partial charge is 0.280 e. The molecule has 0 saturated carbocycles. The molecule has 1 radical (unpaired) electrons. The molecular weight excluding hydrogens is 248 g/mol. The van der Waals surface area contributed by atoms with Gasteiger partial charge in [-0.1, -0.05) is 11.6 Å². The molecule has 2 aromatic heterocycles. The molecule has 0 spiro atoms. The van der Waals surface area contributed by atoms with E-state index in [1.54, 1.807) is 6.07 Å². The first-order chi connectivity index (χ1) is 8.66. The number of aryl methyl sites for hydroxylation is 2. The van der Waals surface area contributed by atoms with Crippen LogP contribution in [0.25, 0.3) is 16.9 Å². The van der Waals surface area contributed by atoms with Crippen molar-refractivity contribution in [3.05, 3.63) is 47.1 Å². The van der Waals surface area contributed by atoms with E-state index in [1.165, 1.54) is 6.33 Å². The number of hydrogen-bond donors (Lipinski definition) is 0. The monoisotopic (exact) mass is 257 g/mol. The highest BCUT2D eigenvalue weighted by Crippen LogP contribution is 2.23. The van der Waals surface area contributed by atoms with E-state index in [9.17, 15) is 0 Å². The van der Waals surface area contributed by atoms with Crippen LogP contribution in [-0.4, -0.2) is 19.5 Å². The molecule has 0 aliphatic carbocycles. The minimum absolute atomic E-state index is 0.418. The molecule has 0 saturated heterocycles. The van der Waals surface area contributed by atoms with Crippen LogP contribution in [0.1, 0.15) is 11.4 Å². The molecule has 0 atom stereocenters. The van der Waals surface area contributed by atoms with Gasteiger partial charge in [0.2, 0.25) is 0 Å². The van der Waals surface area contributed by atoms with Crippen LogP contribution in [0, 0.1) is 19.9 Å². The van der Waals surface area contributed by atoms with Gasteiger partial charge in [0.15, 0.2) is 0 Å². The topological polar surface area (TPSA) is 43.6 Å². The normalized spacial score (nSPS) is 11.1. The Labute approximate surface area is 109 Å². The van der Waals surface area contributed by atoms with Gasteiger partial charge in [0, 0.05) is 6.07 Å². The Hall–Kier alpha value is -1.94. The van der Waals surface area contributed by atoms with Crippen LogP contribution in [0.15, 0.2) is 24.5 Å². The Morgan fingerprint density at radius 2 is 2.06 bits per heavy atom. The van der Waals surface area contributed by atoms with Gasteiger partial charge >= 0.3 is 0 Å². The van der Waals surface area contributed by atoms with Gasteiger partial charge in [-0.3, -0.25) is 4.57 Å². The van der Waals surface area contributed by atoms with Crippen LogP contribution in [-0.2, 0) is 0 Å². The Balaban J connectivity index is 2.38. The lowest BCUT2D eigenvalue weighted by Crippen LogP contribution is -2.01. The molecule has 0 aliphatic rings. The first kappa shape index (κ1) is 11.2. The second-order valence-corrected chi connectivity index (χ2v) is 4.45. The van der Waals surface area contributed by atoms with E-state index < -0.39 is 0 Å². The van der Waals surface area contributed by atoms with Gasteiger partial charge in [0.25, 0.3) is 0 Å². The average Bonchev–Trinajstić information content (AvgIpc) is 2.67. The fraction of sp³-hybridized carbons (Fsp3) is 0.154. The first-order valence-electron chi connectivity index (χ1n) is 5.50. The van der Waals surface area contributed by atoms with Crippen LogP contribution < -0.4 is 0 Å². The second-order valence-electron chi connectivity index (χ2n) is 4.07. The fourth-order valence-corrected chi connectivity index (χ4v) is 2.21. The summed E-state index contributed by atoms with van der Waals surface area (Å²) in [6, 6.07) is 8.60. The Morgan fingerprint density at radius 3 is 2.83 bits per heavy atom. The lowest BCUT2D eigenvalue weighted by molar-refractivity contribution is 0.940. The van der Waals surface area contributed by atoms with Crippen molar-refractivity contribution in [3.63, 3.8) is 0 Å². The van der Waals surface area contributed by atoms with Crippen LogP contribution in [0.4, 0.5) is 0 Å². The molecule has 0 N–H and O–H groups in total. The van der Waals surface area contributed by atoms with Gasteiger partial charge in [-0.2, -0.15) is 0 Å². The predicted molar refractivity (Wildman–Crippen MR) is 70.0 cm³/mol. The lowest BCUT2D eigenvalue weighted by Gasteiger charge is -2.07. The molecule has 1 aromatic carbocycles. The number of benzene rings is 1. The number of fused-ring (bicyclic) bond motifs is 1. The smallest absolute Gasteiger partial charge is 0.143 e. The quantitative estimate of drug-likeness (QED) is 0.630. The average molecular weight is 258 g/mol. The number of aromatic nitrogens is 4. The van der Waals surface area contributed by atoms with Crippen molar-refractivity contribution in [1.82, 2.24) is 19.5 Å². The van der Waals surface area contributed by atoms with Crippen molar-refractivity contribution in [2.45, 2.75) is 13.8 Å². The maximum absolute atomic E-state index is 5.91. The SMILES string of the molecule is Cc1c[c]cc2nc(C)n(-c3cc(Cl)ncn3)c12. The predicted octanol–water partition coefficient (Wildman–Crippen LogP) is 2.89. The summed E-state index contributed by atoms with van der Waals surface area (Å²) < 4.78 is 1.98. The molecule has 3 aromatic rings. The summed E-state index contributed by atoms with van der Waals surface area (Å²) in [5.41, 5.74) is 3.03. The molecule has 3 rings (SSSR count). The summed E-state index contributed by atoms with van der Waals surface area (Å²) in [5.74, 6) is 1.59. The van der Waals surface area contributed by atoms with E-state index >= 15 is 0 Å². The van der Waals surface area contributed by atoms with Gasteiger partial charge < -0.3 is 0 Å². The number of halogens is 1. The molecule has 0 bridgehead atoms. The second kappa shape index (κ2) is 4.07. The van der Waals surface area contributed by atoms with E-state index in [2.05, 4.69) is 21.0 Å². The molecule has 18 heavy (non-hydrogen) atoms. The highest BCUT2D eigenvalue weighted by atomic mass is 35.5. The third-order valence-corrected chi connectivity index (χ3v) is 3.02. The van der Waals surface area contributed by atoms with Crippen molar-refractivity contribution in [2.24, 2.45) is 0 Å². The minimum atomic E-state index is 0.418. The van der Waals surface area contributed by atoms with E-state index in [0.29, 0.717) is 5.15 Å². The molecule has 0 amide bonds. The maximum Gasteiger partial charge on any atom is 0.143 e. The summed E-state index contributed by atoms with van der Waals surface area (Å²) in [7, 11) is 0. The van der Waals surface area contributed by atoms with Crippen molar-refractivity contribution in [3.8, 4) is 5.82 Å². The van der Waals surface area contributed by atoms with Crippen LogP contribution >= 0.6 is 11.6 Å². The molecule has 89 valence electrons. The minimum Gasteiger partial charge on any atom is -0.280 e. The summed E-state index contributed by atoms with van der Waals surface area (Å²) in [4.78, 5) is 12.7. The van der Waals surface area contributed by atoms with Gasteiger partial charge in [-0.15, -0.1) is 0 Å². The molecule has 2 heterocycles. The van der Waals surface area contributed by atoms with Gasteiger partial charge in [0.05, 0.1) is 11.0 Å². The third kappa shape index (κ3) is 1.66. The standard InChI is InChI=1S/C13H10ClN4/c1-8-4-3-5-10-13(8)18(9(2)17-10)12-6-11(14)15-7-16-12/h4-7H,1-2H3. The number of nitrogens with zero attached hydrogens (tertiary/aromatic N) is 4. The Kier molecular flexibility index (Phi) is 2.52. The van der Waals surface area contributed by atoms with Crippen molar-refractivity contribution in [2.75, 3.05) is 0 Å². The zero-order chi connectivity index (χ0) is 12.7. The molecular formula is C13H10ClN4. The molecule has 0 aliphatic heterocycles. The molecule has 5 heteroatoms. The summed E-state index contributed by atoms with van der Waals surface area (Å²) in [6.45, 7) is 3.97. The van der Waals surface area contributed by atoms with E-state index in [-0.39, 0.29) is 0 Å². The number of rotatable bonds is 1. The first-order valence-corrected chi connectivity index (χ1v) is 5.88. The Bertz CT molecular complexity index is 733. The number of hydrogen-bond acceptors (Lipinski definition) is 3. The van der Waals surface area contributed by atoms with Gasteiger partial charge in [-0.05, 0) is 37.6 Å². The van der Waals surface area contributed by atoms with Crippen molar-refractivity contribution >= 4 is 22.6 Å². The zero-order valence-corrected chi connectivity index (χ0v) is 10.7. The van der Waals surface area contributed by atoms with Crippen LogP contribution in [0.3, 0.4) is 0 Å². The summed E-state index contributed by atoms with van der Waals surface area (Å²) >= 11 is 5.91. The van der Waals surface area contributed by atoms with Crippen LogP contribution in [0.2, 0.25) is 5.15 Å². The summed E-state index contributed by atoms with van der Waals surface area (Å²) in [5, 5.41) is 0.418. The van der Waals surface area contributed by atoms with Crippen LogP contribution in [0.5, 0.6) is 0 Å². The van der Waals surface area contributed by atoms with Crippen molar-refractivity contribution in [1.29, 1.82) is 0 Å². The molecule has 4 nitrogen and oxygen atoms in total. The highest BCUT2D eigenvalue weighted by Gasteiger charge is 2.12. The Morgan fingerprint density at radius 1 is 1.22 bits per heavy atom. The lowest BCUT2D eigenvalue weighted by atomic mass is 10.2. The van der Waals surface area contributed by atoms with E-state index in [1.807, 2.05) is 30.5 Å². The van der Waals surface area contributed by atoms with E-state index in [0.717, 1.165) is 28.2 Å². The van der Waals surface area contributed by atoms with E-state index in [4.69, 9.17) is 11.6 Å². The fourth-order valence-electron chi connectivity index (χ4n) is 2.07.